The summed E-state index contributed by atoms with van der Waals surface area (Å²) in [7, 11) is 3.71. The summed E-state index contributed by atoms with van der Waals surface area (Å²) in [4.78, 5) is 4.43. The number of benzene rings is 1. The van der Waals surface area contributed by atoms with Gasteiger partial charge < -0.3 is 19.6 Å². The third kappa shape index (κ3) is 5.30. The van der Waals surface area contributed by atoms with E-state index in [4.69, 9.17) is 4.74 Å². The zero-order valence-electron chi connectivity index (χ0n) is 23.4. The molecule has 0 aliphatic heterocycles. The molecule has 1 aliphatic carbocycles. The highest BCUT2D eigenvalue weighted by molar-refractivity contribution is 5.71. The molecule has 2 N–H and O–H groups in total. The molecule has 4 aromatic rings. The van der Waals surface area contributed by atoms with Gasteiger partial charge >= 0.3 is 0 Å². The summed E-state index contributed by atoms with van der Waals surface area (Å²) in [5, 5.41) is 18.8. The summed E-state index contributed by atoms with van der Waals surface area (Å²) >= 11 is 0. The van der Waals surface area contributed by atoms with E-state index in [2.05, 4.69) is 15.4 Å². The van der Waals surface area contributed by atoms with Gasteiger partial charge in [-0.1, -0.05) is 20.8 Å². The predicted octanol–water partition coefficient (Wildman–Crippen LogP) is 5.52. The molecule has 39 heavy (non-hydrogen) atoms. The molecule has 0 radical (unpaired) electrons. The number of fused-ring (bicyclic) bond motifs is 1. The fourth-order valence-corrected chi connectivity index (χ4v) is 5.06. The van der Waals surface area contributed by atoms with Crippen LogP contribution in [0.5, 0.6) is 5.75 Å². The quantitative estimate of drug-likeness (QED) is 0.294. The summed E-state index contributed by atoms with van der Waals surface area (Å²) < 4.78 is 40.2. The maximum Gasteiger partial charge on any atom is 0.201 e. The highest BCUT2D eigenvalue weighted by atomic mass is 19.2. The second-order valence-corrected chi connectivity index (χ2v) is 11.7. The maximum atomic E-state index is 15.4. The van der Waals surface area contributed by atoms with E-state index in [1.54, 1.807) is 16.9 Å². The Morgan fingerprint density at radius 3 is 2.59 bits per heavy atom. The first-order chi connectivity index (χ1) is 18.5. The third-order valence-corrected chi connectivity index (χ3v) is 7.69. The van der Waals surface area contributed by atoms with Gasteiger partial charge in [-0.05, 0) is 62.4 Å². The summed E-state index contributed by atoms with van der Waals surface area (Å²) in [6.45, 7) is 8.47. The first-order valence-corrected chi connectivity index (χ1v) is 13.5. The SMILES string of the molecule is CNCc1cnc2ccc(-c3ccc(F)c(F)c3OC(Cc3c(C(O)C(C)(C)C)nn(C)c3C)C3CC3)cn12. The van der Waals surface area contributed by atoms with Crippen molar-refractivity contribution in [3.8, 4) is 16.9 Å². The van der Waals surface area contributed by atoms with Crippen LogP contribution in [0, 0.1) is 29.9 Å². The van der Waals surface area contributed by atoms with Crippen LogP contribution in [-0.4, -0.2) is 37.4 Å². The molecule has 1 aromatic carbocycles. The lowest BCUT2D eigenvalue weighted by Crippen LogP contribution is -2.26. The number of aromatic nitrogens is 4. The number of imidazole rings is 1. The molecule has 1 aliphatic rings. The Bertz CT molecular complexity index is 1500. The first kappa shape index (κ1) is 27.3. The topological polar surface area (TPSA) is 76.6 Å². The van der Waals surface area contributed by atoms with Gasteiger partial charge in [0.25, 0.3) is 0 Å². The number of ether oxygens (including phenoxy) is 1. The Kier molecular flexibility index (Phi) is 7.24. The van der Waals surface area contributed by atoms with Crippen LogP contribution in [-0.2, 0) is 20.0 Å². The molecule has 7 nitrogen and oxygen atoms in total. The van der Waals surface area contributed by atoms with Gasteiger partial charge in [0.05, 0.1) is 17.6 Å². The summed E-state index contributed by atoms with van der Waals surface area (Å²) in [5.74, 6) is -1.85. The molecule has 9 heteroatoms. The van der Waals surface area contributed by atoms with E-state index in [0.717, 1.165) is 41.5 Å². The molecular formula is C30H37F2N5O2. The van der Waals surface area contributed by atoms with Crippen molar-refractivity contribution in [3.05, 3.63) is 70.9 Å². The molecule has 5 rings (SSSR count). The Balaban J connectivity index is 1.54. The molecule has 1 saturated carbocycles. The number of hydrogen-bond donors (Lipinski definition) is 2. The van der Waals surface area contributed by atoms with Crippen LogP contribution in [0.2, 0.25) is 0 Å². The van der Waals surface area contributed by atoms with Gasteiger partial charge in [-0.15, -0.1) is 0 Å². The van der Waals surface area contributed by atoms with Crippen molar-refractivity contribution in [3.63, 3.8) is 0 Å². The van der Waals surface area contributed by atoms with Crippen molar-refractivity contribution in [2.24, 2.45) is 18.4 Å². The van der Waals surface area contributed by atoms with Crippen molar-refractivity contribution in [1.29, 1.82) is 0 Å². The number of nitrogens with zero attached hydrogens (tertiary/aromatic N) is 4. The van der Waals surface area contributed by atoms with Gasteiger partial charge in [0.2, 0.25) is 5.82 Å². The van der Waals surface area contributed by atoms with Crippen LogP contribution < -0.4 is 10.1 Å². The van der Waals surface area contributed by atoms with Gasteiger partial charge in [-0.25, -0.2) is 9.37 Å². The number of aryl methyl sites for hydroxylation is 1. The second-order valence-electron chi connectivity index (χ2n) is 11.7. The van der Waals surface area contributed by atoms with Crippen molar-refractivity contribution >= 4 is 5.65 Å². The fraction of sp³-hybridized carbons (Fsp3) is 0.467. The maximum absolute atomic E-state index is 15.4. The average Bonchev–Trinajstić information content (AvgIpc) is 3.61. The van der Waals surface area contributed by atoms with E-state index in [1.165, 1.54) is 0 Å². The minimum Gasteiger partial charge on any atom is -0.486 e. The second kappa shape index (κ2) is 10.4. The molecule has 0 bridgehead atoms. The highest BCUT2D eigenvalue weighted by Crippen LogP contribution is 2.42. The van der Waals surface area contributed by atoms with Crippen LogP contribution in [0.25, 0.3) is 16.8 Å². The molecule has 1 fully saturated rings. The van der Waals surface area contributed by atoms with Crippen molar-refractivity contribution in [2.75, 3.05) is 7.05 Å². The van der Waals surface area contributed by atoms with E-state index in [9.17, 15) is 9.50 Å². The number of hydrogen-bond acceptors (Lipinski definition) is 5. The molecule has 3 heterocycles. The van der Waals surface area contributed by atoms with E-state index in [0.29, 0.717) is 29.8 Å². The van der Waals surface area contributed by atoms with Crippen LogP contribution in [0.4, 0.5) is 8.78 Å². The number of pyridine rings is 1. The Labute approximate surface area is 227 Å². The summed E-state index contributed by atoms with van der Waals surface area (Å²) in [6, 6.07) is 6.41. The van der Waals surface area contributed by atoms with Crippen LogP contribution >= 0.6 is 0 Å². The summed E-state index contributed by atoms with van der Waals surface area (Å²) in [6.07, 6.45) is 4.83. The zero-order valence-corrected chi connectivity index (χ0v) is 23.4. The smallest absolute Gasteiger partial charge is 0.201 e. The number of aliphatic hydroxyl groups excluding tert-OH is 1. The lowest BCUT2D eigenvalue weighted by molar-refractivity contribution is 0.0570. The first-order valence-electron chi connectivity index (χ1n) is 13.5. The minimum atomic E-state index is -1.00. The lowest BCUT2D eigenvalue weighted by Gasteiger charge is -2.27. The predicted molar refractivity (Wildman–Crippen MR) is 147 cm³/mol. The molecule has 2 unspecified atom stereocenters. The number of aliphatic hydroxyl groups is 1. The van der Waals surface area contributed by atoms with Crippen LogP contribution in [0.3, 0.4) is 0 Å². The standard InChI is InChI=1S/C30H37F2N5O2/c1-17-22(27(35-36(17)6)29(38)30(2,3)4)13-24(18-7-8-18)39-28-21(10-11-23(31)26(28)32)19-9-12-25-34-15-20(14-33-5)37(25)16-19/h9-12,15-16,18,24,29,33,38H,7-8,13-14H2,1-6H3. The van der Waals surface area contributed by atoms with Crippen LogP contribution in [0.1, 0.15) is 62.4 Å². The van der Waals surface area contributed by atoms with Gasteiger partial charge in [0.1, 0.15) is 17.9 Å². The van der Waals surface area contributed by atoms with Gasteiger partial charge in [-0.3, -0.25) is 4.68 Å². The molecule has 3 aromatic heterocycles. The number of halogens is 2. The molecule has 208 valence electrons. The minimum absolute atomic E-state index is 0.0963. The van der Waals surface area contributed by atoms with Crippen LogP contribution in [0.15, 0.2) is 36.7 Å². The molecule has 2 atom stereocenters. The summed E-state index contributed by atoms with van der Waals surface area (Å²) in [5.41, 5.74) is 4.90. The Morgan fingerprint density at radius 2 is 1.92 bits per heavy atom. The van der Waals surface area contributed by atoms with Crippen molar-refractivity contribution in [2.45, 2.75) is 65.7 Å². The largest absolute Gasteiger partial charge is 0.486 e. The normalized spacial score (nSPS) is 15.6. The van der Waals surface area contributed by atoms with E-state index >= 15 is 4.39 Å². The average molecular weight is 538 g/mol. The van der Waals surface area contributed by atoms with E-state index in [-0.39, 0.29) is 11.7 Å². The van der Waals surface area contributed by atoms with Crippen molar-refractivity contribution < 1.29 is 18.6 Å². The van der Waals surface area contributed by atoms with Gasteiger partial charge in [-0.2, -0.15) is 9.49 Å². The van der Waals surface area contributed by atoms with Gasteiger partial charge in [0.15, 0.2) is 11.6 Å². The Hall–Kier alpha value is -3.30. The highest BCUT2D eigenvalue weighted by Gasteiger charge is 2.38. The number of nitrogens with one attached hydrogen (secondary N) is 1. The van der Waals surface area contributed by atoms with Gasteiger partial charge in [0, 0.05) is 48.6 Å². The van der Waals surface area contributed by atoms with Crippen molar-refractivity contribution in [1.82, 2.24) is 24.5 Å². The molecule has 0 amide bonds. The zero-order chi connectivity index (χ0) is 28.1. The lowest BCUT2D eigenvalue weighted by atomic mass is 9.85. The third-order valence-electron chi connectivity index (χ3n) is 7.69. The Morgan fingerprint density at radius 1 is 1.18 bits per heavy atom. The van der Waals surface area contributed by atoms with E-state index in [1.807, 2.05) is 64.5 Å². The fourth-order valence-electron chi connectivity index (χ4n) is 5.06. The molecular weight excluding hydrogens is 500 g/mol. The monoisotopic (exact) mass is 537 g/mol. The molecule has 0 spiro atoms. The number of rotatable bonds is 9. The molecule has 0 saturated heterocycles. The van der Waals surface area contributed by atoms with E-state index < -0.39 is 29.3 Å².